The predicted octanol–water partition coefficient (Wildman–Crippen LogP) is -1.13. The largest absolute Gasteiger partial charge is 0.370 e. The van der Waals surface area contributed by atoms with Crippen molar-refractivity contribution in [2.24, 2.45) is 5.73 Å². The van der Waals surface area contributed by atoms with Gasteiger partial charge in [-0.15, -0.1) is 0 Å². The van der Waals surface area contributed by atoms with Gasteiger partial charge in [-0.2, -0.15) is 0 Å². The lowest BCUT2D eigenvalue weighted by Crippen LogP contribution is -2.34. The van der Waals surface area contributed by atoms with Gasteiger partial charge in [0.15, 0.2) is 0 Å². The molecule has 0 unspecified atom stereocenters. The average molecular weight is 184 g/mol. The van der Waals surface area contributed by atoms with E-state index >= 15 is 0 Å². The summed E-state index contributed by atoms with van der Waals surface area (Å²) in [6, 6.07) is 0. The van der Waals surface area contributed by atoms with Gasteiger partial charge in [0, 0.05) is 0 Å². The van der Waals surface area contributed by atoms with Gasteiger partial charge in [0.25, 0.3) is 0 Å². The van der Waals surface area contributed by atoms with Gasteiger partial charge in [-0.25, -0.2) is 4.68 Å². The van der Waals surface area contributed by atoms with Crippen molar-refractivity contribution in [3.63, 3.8) is 0 Å². The Kier molecular flexibility index (Phi) is 2.18. The molecule has 0 aliphatic carbocycles. The molecule has 13 heavy (non-hydrogen) atoms. The Bertz CT molecular complexity index is 317. The van der Waals surface area contributed by atoms with Crippen LogP contribution in [-0.4, -0.2) is 26.1 Å². The summed E-state index contributed by atoms with van der Waals surface area (Å²) in [6.45, 7) is 3.56. The summed E-state index contributed by atoms with van der Waals surface area (Å²) in [5, 5.41) is 10.6. The molecule has 0 atom stereocenters. The highest BCUT2D eigenvalue weighted by molar-refractivity contribution is 5.74. The van der Waals surface area contributed by atoms with Crippen molar-refractivity contribution >= 4 is 11.9 Å². The molecule has 1 heterocycles. The molecule has 7 nitrogen and oxygen atoms in total. The molecule has 0 spiro atoms. The monoisotopic (exact) mass is 184 g/mol. The Labute approximate surface area is 75.1 Å². The molecule has 1 rings (SSSR count). The van der Waals surface area contributed by atoms with Crippen LogP contribution in [0.25, 0.3) is 0 Å². The maximum Gasteiger partial charge on any atom is 0.240 e. The highest BCUT2D eigenvalue weighted by atomic mass is 16.1. The van der Waals surface area contributed by atoms with Crippen LogP contribution >= 0.6 is 0 Å². The van der Waals surface area contributed by atoms with Crippen LogP contribution < -0.4 is 11.5 Å². The molecule has 72 valence electrons. The Morgan fingerprint density at radius 2 is 2.23 bits per heavy atom. The number of primary amides is 1. The standard InChI is InChI=1S/C6H12N6O/c1-6(2,3-4(7)13)12-5(8)9-10-11-12/h3H2,1-2H3,(H2,7,13)(H2,8,9,11). The lowest BCUT2D eigenvalue weighted by molar-refractivity contribution is -0.119. The molecule has 1 aromatic heterocycles. The molecule has 4 N–H and O–H groups in total. The molecule has 7 heteroatoms. The zero-order chi connectivity index (χ0) is 10.1. The van der Waals surface area contributed by atoms with Gasteiger partial charge in [0.1, 0.15) is 0 Å². The minimum atomic E-state index is -0.584. The third kappa shape index (κ3) is 1.92. The SMILES string of the molecule is CC(C)(CC(N)=O)n1nnnc1N. The number of carbonyl (C=O) groups excluding carboxylic acids is 1. The zero-order valence-electron chi connectivity index (χ0n) is 7.56. The number of nitrogen functional groups attached to an aromatic ring is 1. The number of nitrogens with zero attached hydrogens (tertiary/aromatic N) is 4. The first kappa shape index (κ1) is 9.43. The third-order valence-corrected chi connectivity index (χ3v) is 1.67. The first-order valence-electron chi connectivity index (χ1n) is 3.76. The number of tetrazole rings is 1. The summed E-state index contributed by atoms with van der Waals surface area (Å²) >= 11 is 0. The van der Waals surface area contributed by atoms with Crippen molar-refractivity contribution in [3.05, 3.63) is 0 Å². The Morgan fingerprint density at radius 1 is 1.62 bits per heavy atom. The number of hydrogen-bond acceptors (Lipinski definition) is 5. The lowest BCUT2D eigenvalue weighted by atomic mass is 10.0. The van der Waals surface area contributed by atoms with Gasteiger partial charge >= 0.3 is 0 Å². The zero-order valence-corrected chi connectivity index (χ0v) is 7.56. The predicted molar refractivity (Wildman–Crippen MR) is 45.4 cm³/mol. The first-order valence-corrected chi connectivity index (χ1v) is 3.76. The van der Waals surface area contributed by atoms with Crippen molar-refractivity contribution in [2.75, 3.05) is 5.73 Å². The van der Waals surface area contributed by atoms with Gasteiger partial charge in [-0.05, 0) is 24.3 Å². The van der Waals surface area contributed by atoms with E-state index in [1.54, 1.807) is 13.8 Å². The summed E-state index contributed by atoms with van der Waals surface area (Å²) in [5.74, 6) is -0.244. The van der Waals surface area contributed by atoms with E-state index in [1.165, 1.54) is 4.68 Å². The summed E-state index contributed by atoms with van der Waals surface area (Å²) in [6.07, 6.45) is 0.141. The van der Waals surface area contributed by atoms with Crippen LogP contribution in [0.5, 0.6) is 0 Å². The number of rotatable bonds is 3. The molecule has 1 aromatic rings. The molecule has 1 amide bonds. The lowest BCUT2D eigenvalue weighted by Gasteiger charge is -2.22. The average Bonchev–Trinajstić information content (AvgIpc) is 2.32. The normalized spacial score (nSPS) is 11.5. The van der Waals surface area contributed by atoms with E-state index in [9.17, 15) is 4.79 Å². The molecular weight excluding hydrogens is 172 g/mol. The van der Waals surface area contributed by atoms with E-state index in [4.69, 9.17) is 11.5 Å². The van der Waals surface area contributed by atoms with E-state index < -0.39 is 11.4 Å². The molecule has 0 aliphatic rings. The van der Waals surface area contributed by atoms with Crippen LogP contribution in [0.15, 0.2) is 0 Å². The Hall–Kier alpha value is -1.66. The van der Waals surface area contributed by atoms with Crippen molar-refractivity contribution < 1.29 is 4.79 Å². The number of amides is 1. The summed E-state index contributed by atoms with van der Waals surface area (Å²) in [7, 11) is 0. The van der Waals surface area contributed by atoms with Crippen LogP contribution in [0.4, 0.5) is 5.95 Å². The quantitative estimate of drug-likeness (QED) is 0.616. The van der Waals surface area contributed by atoms with Crippen LogP contribution in [-0.2, 0) is 10.3 Å². The fraction of sp³-hybridized carbons (Fsp3) is 0.667. The number of aromatic nitrogens is 4. The maximum absolute atomic E-state index is 10.7. The molecule has 0 aromatic carbocycles. The van der Waals surface area contributed by atoms with Crippen molar-refractivity contribution in [2.45, 2.75) is 25.8 Å². The van der Waals surface area contributed by atoms with Crippen LogP contribution in [0.1, 0.15) is 20.3 Å². The maximum atomic E-state index is 10.7. The van der Waals surface area contributed by atoms with Gasteiger partial charge in [0.2, 0.25) is 11.9 Å². The molecular formula is C6H12N6O. The molecule has 0 fully saturated rings. The Balaban J connectivity index is 2.93. The van der Waals surface area contributed by atoms with Gasteiger partial charge < -0.3 is 11.5 Å². The summed E-state index contributed by atoms with van der Waals surface area (Å²) < 4.78 is 1.37. The van der Waals surface area contributed by atoms with E-state index in [0.717, 1.165) is 0 Å². The second-order valence-corrected chi connectivity index (χ2v) is 3.40. The Morgan fingerprint density at radius 3 is 2.62 bits per heavy atom. The smallest absolute Gasteiger partial charge is 0.240 e. The van der Waals surface area contributed by atoms with Crippen LogP contribution in [0.2, 0.25) is 0 Å². The molecule has 0 aliphatic heterocycles. The minimum absolute atomic E-state index is 0.141. The van der Waals surface area contributed by atoms with Gasteiger partial charge in [0.05, 0.1) is 12.0 Å². The third-order valence-electron chi connectivity index (χ3n) is 1.67. The fourth-order valence-corrected chi connectivity index (χ4v) is 1.13. The van der Waals surface area contributed by atoms with Crippen LogP contribution in [0.3, 0.4) is 0 Å². The van der Waals surface area contributed by atoms with Crippen molar-refractivity contribution in [1.82, 2.24) is 20.2 Å². The number of carbonyl (C=O) groups is 1. The van der Waals surface area contributed by atoms with Gasteiger partial charge in [-0.3, -0.25) is 4.79 Å². The fourth-order valence-electron chi connectivity index (χ4n) is 1.13. The number of hydrogen-bond donors (Lipinski definition) is 2. The van der Waals surface area contributed by atoms with Crippen LogP contribution in [0, 0.1) is 0 Å². The second-order valence-electron chi connectivity index (χ2n) is 3.40. The van der Waals surface area contributed by atoms with Crippen molar-refractivity contribution in [1.29, 1.82) is 0 Å². The van der Waals surface area contributed by atoms with E-state index in [-0.39, 0.29) is 12.4 Å². The summed E-state index contributed by atoms with van der Waals surface area (Å²) in [4.78, 5) is 10.7. The van der Waals surface area contributed by atoms with E-state index in [2.05, 4.69) is 15.5 Å². The second kappa shape index (κ2) is 3.00. The highest BCUT2D eigenvalue weighted by Crippen LogP contribution is 2.19. The molecule has 0 bridgehead atoms. The number of nitrogens with two attached hydrogens (primary N) is 2. The van der Waals surface area contributed by atoms with E-state index in [1.807, 2.05) is 0 Å². The molecule has 0 radical (unpaired) electrons. The molecule has 0 saturated heterocycles. The first-order chi connectivity index (χ1) is 5.93. The highest BCUT2D eigenvalue weighted by Gasteiger charge is 2.26. The minimum Gasteiger partial charge on any atom is -0.370 e. The van der Waals surface area contributed by atoms with E-state index in [0.29, 0.717) is 0 Å². The number of anilines is 1. The van der Waals surface area contributed by atoms with Gasteiger partial charge in [-0.1, -0.05) is 5.10 Å². The van der Waals surface area contributed by atoms with Crippen molar-refractivity contribution in [3.8, 4) is 0 Å². The molecule has 0 saturated carbocycles. The summed E-state index contributed by atoms with van der Waals surface area (Å²) in [5.41, 5.74) is 9.97. The topological polar surface area (TPSA) is 113 Å².